The highest BCUT2D eigenvalue weighted by atomic mass is 79.9. The van der Waals surface area contributed by atoms with Gasteiger partial charge in [-0.25, -0.2) is 9.78 Å². The van der Waals surface area contributed by atoms with E-state index < -0.39 is 0 Å². The zero-order chi connectivity index (χ0) is 18.1. The number of halogens is 1. The maximum Gasteiger partial charge on any atom is 0.368 e. The molecule has 0 unspecified atom stereocenters. The van der Waals surface area contributed by atoms with Gasteiger partial charge < -0.3 is 4.74 Å². The second kappa shape index (κ2) is 7.14. The average Bonchev–Trinajstić information content (AvgIpc) is 3.36. The number of tetrazole rings is 1. The fourth-order valence-corrected chi connectivity index (χ4v) is 4.09. The largest absolute Gasteiger partial charge is 0.472 e. The minimum absolute atomic E-state index is 0.296. The van der Waals surface area contributed by atoms with E-state index in [1.54, 1.807) is 7.05 Å². The third-order valence-electron chi connectivity index (χ3n) is 3.62. The number of aromatic nitrogens is 5. The number of rotatable bonds is 5. The molecular formula is C16H12BrN5O2S2. The Labute approximate surface area is 164 Å². The van der Waals surface area contributed by atoms with Gasteiger partial charge in [-0.05, 0) is 27.9 Å². The van der Waals surface area contributed by atoms with Crippen LogP contribution in [0.5, 0.6) is 5.88 Å². The van der Waals surface area contributed by atoms with Crippen molar-refractivity contribution in [1.82, 2.24) is 24.8 Å². The monoisotopic (exact) mass is 449 g/mol. The minimum atomic E-state index is -0.296. The number of hydrogen-bond donors (Lipinski definition) is 0. The molecule has 0 amide bonds. The summed E-state index contributed by atoms with van der Waals surface area (Å²) in [5, 5.41) is 14.2. The lowest BCUT2D eigenvalue weighted by Crippen LogP contribution is -2.22. The lowest BCUT2D eigenvalue weighted by molar-refractivity contribution is 0.296. The molecule has 0 N–H and O–H groups in total. The summed E-state index contributed by atoms with van der Waals surface area (Å²) in [5.74, 6) is 0.552. The Kier molecular flexibility index (Phi) is 4.70. The second-order valence-electron chi connectivity index (χ2n) is 5.37. The molecule has 26 heavy (non-hydrogen) atoms. The first-order valence-corrected chi connectivity index (χ1v) is 10.1. The maximum absolute atomic E-state index is 12.0. The second-order valence-corrected chi connectivity index (χ2v) is 7.88. The van der Waals surface area contributed by atoms with Crippen LogP contribution < -0.4 is 10.4 Å². The van der Waals surface area contributed by atoms with E-state index in [0.717, 1.165) is 20.6 Å². The first-order chi connectivity index (χ1) is 12.6. The number of hydrogen-bond acceptors (Lipinski definition) is 7. The van der Waals surface area contributed by atoms with Crippen molar-refractivity contribution in [2.75, 3.05) is 0 Å². The summed E-state index contributed by atoms with van der Waals surface area (Å²) in [7, 11) is 1.56. The zero-order valence-corrected chi connectivity index (χ0v) is 16.7. The van der Waals surface area contributed by atoms with E-state index in [-0.39, 0.29) is 5.69 Å². The van der Waals surface area contributed by atoms with Gasteiger partial charge in [0.25, 0.3) is 0 Å². The van der Waals surface area contributed by atoms with Gasteiger partial charge in [0.2, 0.25) is 5.88 Å². The smallest absolute Gasteiger partial charge is 0.368 e. The first kappa shape index (κ1) is 17.1. The minimum Gasteiger partial charge on any atom is -0.472 e. The van der Waals surface area contributed by atoms with Crippen molar-refractivity contribution in [2.24, 2.45) is 7.05 Å². The molecule has 0 aliphatic carbocycles. The molecule has 0 aliphatic heterocycles. The summed E-state index contributed by atoms with van der Waals surface area (Å²) < 4.78 is 9.29. The van der Waals surface area contributed by atoms with Crippen LogP contribution in [0.4, 0.5) is 0 Å². The molecule has 0 saturated heterocycles. The van der Waals surface area contributed by atoms with Crippen LogP contribution in [0.3, 0.4) is 0 Å². The van der Waals surface area contributed by atoms with Crippen molar-refractivity contribution in [3.63, 3.8) is 0 Å². The topological polar surface area (TPSA) is 74.8 Å². The van der Waals surface area contributed by atoms with Crippen molar-refractivity contribution < 1.29 is 4.74 Å². The van der Waals surface area contributed by atoms with Crippen molar-refractivity contribution in [3.05, 3.63) is 60.9 Å². The van der Waals surface area contributed by atoms with Gasteiger partial charge in [0, 0.05) is 28.0 Å². The molecule has 1 aromatic carbocycles. The predicted octanol–water partition coefficient (Wildman–Crippen LogP) is 3.49. The van der Waals surface area contributed by atoms with Gasteiger partial charge >= 0.3 is 5.69 Å². The zero-order valence-electron chi connectivity index (χ0n) is 13.5. The normalized spacial score (nSPS) is 11.0. The van der Waals surface area contributed by atoms with Crippen LogP contribution in [-0.4, -0.2) is 24.8 Å². The Morgan fingerprint density at radius 3 is 2.69 bits per heavy atom. The van der Waals surface area contributed by atoms with Gasteiger partial charge in [-0.2, -0.15) is 9.36 Å². The third-order valence-corrected chi connectivity index (χ3v) is 5.80. The van der Waals surface area contributed by atoms with Gasteiger partial charge in [-0.15, -0.1) is 22.7 Å². The fourth-order valence-electron chi connectivity index (χ4n) is 2.28. The lowest BCUT2D eigenvalue weighted by atomic mass is 10.2. The average molecular weight is 450 g/mol. The molecule has 4 aromatic rings. The molecule has 0 radical (unpaired) electrons. The number of thiophene rings is 1. The van der Waals surface area contributed by atoms with E-state index in [2.05, 4.69) is 31.3 Å². The number of thiazole rings is 1. The van der Waals surface area contributed by atoms with E-state index in [9.17, 15) is 4.79 Å². The SMILES string of the molecule is Cn1nnn(-c2cscc2COc2csc(-c3ccc(Br)cc3)n2)c1=O. The van der Waals surface area contributed by atoms with Crippen molar-refractivity contribution in [2.45, 2.75) is 6.61 Å². The molecule has 3 aromatic heterocycles. The number of benzene rings is 1. The number of aryl methyl sites for hydroxylation is 1. The summed E-state index contributed by atoms with van der Waals surface area (Å²) in [4.78, 5) is 16.5. The van der Waals surface area contributed by atoms with E-state index >= 15 is 0 Å². The number of ether oxygens (including phenoxy) is 1. The summed E-state index contributed by atoms with van der Waals surface area (Å²) in [5.41, 5.74) is 2.28. The van der Waals surface area contributed by atoms with E-state index in [4.69, 9.17) is 4.74 Å². The molecule has 3 heterocycles. The van der Waals surface area contributed by atoms with Crippen LogP contribution in [0.2, 0.25) is 0 Å². The Hall–Kier alpha value is -2.30. The van der Waals surface area contributed by atoms with Crippen LogP contribution in [0.1, 0.15) is 5.56 Å². The summed E-state index contributed by atoms with van der Waals surface area (Å²) >= 11 is 6.43. The fraction of sp³-hybridized carbons (Fsp3) is 0.125. The molecule has 10 heteroatoms. The highest BCUT2D eigenvalue weighted by molar-refractivity contribution is 9.10. The van der Waals surface area contributed by atoms with Gasteiger partial charge in [0.15, 0.2) is 0 Å². The highest BCUT2D eigenvalue weighted by Gasteiger charge is 2.13. The molecule has 0 spiro atoms. The van der Waals surface area contributed by atoms with Crippen LogP contribution in [0.15, 0.2) is 49.7 Å². The maximum atomic E-state index is 12.0. The van der Waals surface area contributed by atoms with Gasteiger partial charge in [-0.1, -0.05) is 28.1 Å². The first-order valence-electron chi connectivity index (χ1n) is 7.50. The summed E-state index contributed by atoms with van der Waals surface area (Å²) in [6.45, 7) is 0.297. The van der Waals surface area contributed by atoms with Crippen molar-refractivity contribution >= 4 is 38.6 Å². The molecular weight excluding hydrogens is 438 g/mol. The standard InChI is InChI=1S/C16H12BrN5O2S2/c1-21-16(23)22(20-19-21)13-8-25-7-11(13)6-24-14-9-26-15(18-14)10-2-4-12(17)5-3-10/h2-5,7-9H,6H2,1H3. The predicted molar refractivity (Wildman–Crippen MR) is 104 cm³/mol. The summed E-state index contributed by atoms with van der Waals surface area (Å²) in [6, 6.07) is 7.97. The van der Waals surface area contributed by atoms with Gasteiger partial charge in [0.1, 0.15) is 11.6 Å². The van der Waals surface area contributed by atoms with E-state index in [1.807, 2.05) is 40.4 Å². The van der Waals surface area contributed by atoms with Crippen LogP contribution >= 0.6 is 38.6 Å². The van der Waals surface area contributed by atoms with Crippen LogP contribution in [0, 0.1) is 0 Å². The van der Waals surface area contributed by atoms with E-state index in [0.29, 0.717) is 18.2 Å². The Balaban J connectivity index is 1.51. The van der Waals surface area contributed by atoms with Crippen molar-refractivity contribution in [3.8, 4) is 22.1 Å². The van der Waals surface area contributed by atoms with Crippen LogP contribution in [-0.2, 0) is 13.7 Å². The molecule has 0 atom stereocenters. The van der Waals surface area contributed by atoms with Gasteiger partial charge in [0.05, 0.1) is 11.1 Å². The molecule has 4 rings (SSSR count). The molecule has 132 valence electrons. The molecule has 0 bridgehead atoms. The Morgan fingerprint density at radius 1 is 1.15 bits per heavy atom. The van der Waals surface area contributed by atoms with Gasteiger partial charge in [-0.3, -0.25) is 0 Å². The Morgan fingerprint density at radius 2 is 1.96 bits per heavy atom. The molecule has 7 nitrogen and oxygen atoms in total. The van der Waals surface area contributed by atoms with Crippen molar-refractivity contribution in [1.29, 1.82) is 0 Å². The Bertz CT molecular complexity index is 1100. The quantitative estimate of drug-likeness (QED) is 0.466. The highest BCUT2D eigenvalue weighted by Crippen LogP contribution is 2.29. The third kappa shape index (κ3) is 3.35. The number of nitrogens with zero attached hydrogens (tertiary/aromatic N) is 5. The molecule has 0 aliphatic rings. The van der Waals surface area contributed by atoms with E-state index in [1.165, 1.54) is 32.0 Å². The lowest BCUT2D eigenvalue weighted by Gasteiger charge is -2.03. The summed E-state index contributed by atoms with van der Waals surface area (Å²) in [6.07, 6.45) is 0. The molecule has 0 fully saturated rings. The molecule has 0 saturated carbocycles. The van der Waals surface area contributed by atoms with Crippen LogP contribution in [0.25, 0.3) is 16.3 Å².